The molecule has 2 aliphatic heterocycles. The molecule has 0 radical (unpaired) electrons. The minimum atomic E-state index is -0.640. The molecular weight excluding hydrogens is 478 g/mol. The zero-order valence-electron chi connectivity index (χ0n) is 21.2. The van der Waals surface area contributed by atoms with Crippen LogP contribution in [0.1, 0.15) is 24.9 Å². The molecular formula is C27H32F2N6O2. The van der Waals surface area contributed by atoms with Gasteiger partial charge >= 0.3 is 0 Å². The summed E-state index contributed by atoms with van der Waals surface area (Å²) in [4.78, 5) is 19.7. The normalized spacial score (nSPS) is 16.9. The molecule has 196 valence electrons. The fraction of sp³-hybridized carbons (Fsp3) is 0.444. The second kappa shape index (κ2) is 10.9. The number of aliphatic hydroxyl groups excluding tert-OH is 1. The van der Waals surface area contributed by atoms with Crippen LogP contribution in [-0.4, -0.2) is 84.0 Å². The number of hydrogen-bond donors (Lipinski definition) is 1. The van der Waals surface area contributed by atoms with Crippen LogP contribution in [0.5, 0.6) is 5.75 Å². The van der Waals surface area contributed by atoms with Crippen LogP contribution >= 0.6 is 0 Å². The molecule has 0 bridgehead atoms. The maximum atomic E-state index is 15.1. The van der Waals surface area contributed by atoms with Gasteiger partial charge in [0.1, 0.15) is 18.1 Å². The second-order valence-corrected chi connectivity index (χ2v) is 9.55. The Bertz CT molecular complexity index is 1230. The number of nitrogens with zero attached hydrogens (tertiary/aromatic N) is 6. The van der Waals surface area contributed by atoms with E-state index in [1.54, 1.807) is 6.07 Å². The van der Waals surface area contributed by atoms with Crippen molar-refractivity contribution in [3.63, 3.8) is 0 Å². The van der Waals surface area contributed by atoms with Crippen LogP contribution in [0.2, 0.25) is 0 Å². The third kappa shape index (κ3) is 5.35. The first-order chi connectivity index (χ1) is 18.0. The molecule has 1 fully saturated rings. The maximum absolute atomic E-state index is 15.1. The van der Waals surface area contributed by atoms with Crippen LogP contribution in [0, 0.1) is 11.6 Å². The first kappa shape index (κ1) is 25.3. The fourth-order valence-corrected chi connectivity index (χ4v) is 4.89. The van der Waals surface area contributed by atoms with Crippen LogP contribution in [0.15, 0.2) is 36.7 Å². The Hall–Kier alpha value is -3.37. The number of fused-ring (bicyclic) bond motifs is 1. The van der Waals surface area contributed by atoms with Crippen molar-refractivity contribution >= 4 is 11.4 Å². The molecule has 1 unspecified atom stereocenters. The first-order valence-electron chi connectivity index (χ1n) is 12.7. The monoisotopic (exact) mass is 510 g/mol. The lowest BCUT2D eigenvalue weighted by atomic mass is 10.1. The van der Waals surface area contributed by atoms with E-state index >= 15 is 4.39 Å². The summed E-state index contributed by atoms with van der Waals surface area (Å²) in [6.07, 6.45) is 3.96. The van der Waals surface area contributed by atoms with E-state index in [-0.39, 0.29) is 24.1 Å². The van der Waals surface area contributed by atoms with Crippen molar-refractivity contribution in [2.45, 2.75) is 25.8 Å². The predicted octanol–water partition coefficient (Wildman–Crippen LogP) is 3.13. The summed E-state index contributed by atoms with van der Waals surface area (Å²) in [6, 6.07) is 6.70. The van der Waals surface area contributed by atoms with Crippen LogP contribution < -0.4 is 14.5 Å². The molecule has 1 aromatic carbocycles. The maximum Gasteiger partial charge on any atom is 0.178 e. The van der Waals surface area contributed by atoms with Gasteiger partial charge in [-0.15, -0.1) is 0 Å². The first-order valence-corrected chi connectivity index (χ1v) is 12.7. The molecule has 0 aliphatic carbocycles. The van der Waals surface area contributed by atoms with Gasteiger partial charge in [-0.3, -0.25) is 4.98 Å². The van der Waals surface area contributed by atoms with E-state index in [4.69, 9.17) is 4.74 Å². The lowest BCUT2D eigenvalue weighted by molar-refractivity contribution is 0.234. The van der Waals surface area contributed by atoms with E-state index in [0.29, 0.717) is 43.1 Å². The zero-order valence-corrected chi connectivity index (χ0v) is 21.2. The largest absolute Gasteiger partial charge is 0.486 e. The molecule has 2 aromatic heterocycles. The molecule has 1 saturated heterocycles. The predicted molar refractivity (Wildman–Crippen MR) is 138 cm³/mol. The number of ether oxygens (including phenoxy) is 1. The number of aromatic nitrogens is 3. The Labute approximate surface area is 215 Å². The molecule has 3 aromatic rings. The van der Waals surface area contributed by atoms with Crippen molar-refractivity contribution in [3.8, 4) is 17.0 Å². The molecule has 4 heterocycles. The van der Waals surface area contributed by atoms with Gasteiger partial charge in [0.05, 0.1) is 49.4 Å². The van der Waals surface area contributed by atoms with Crippen LogP contribution in [0.4, 0.5) is 20.2 Å². The summed E-state index contributed by atoms with van der Waals surface area (Å²) in [5.41, 5.74) is 2.63. The smallest absolute Gasteiger partial charge is 0.178 e. The Morgan fingerprint density at radius 2 is 1.84 bits per heavy atom. The average Bonchev–Trinajstić information content (AvgIpc) is 2.91. The third-order valence-corrected chi connectivity index (χ3v) is 7.12. The Morgan fingerprint density at radius 3 is 2.54 bits per heavy atom. The number of halogens is 2. The number of aliphatic hydroxyl groups is 1. The SMILES string of the molecule is CCC(CO)N1CCOc2c(F)cc(-c3nc(Cc4ccc(N5CCN(C)CC5)cn4)ncc3F)cc21. The molecule has 10 heteroatoms. The lowest BCUT2D eigenvalue weighted by Crippen LogP contribution is -2.44. The topological polar surface area (TPSA) is 77.9 Å². The highest BCUT2D eigenvalue weighted by molar-refractivity contribution is 5.72. The van der Waals surface area contributed by atoms with Gasteiger partial charge in [0.25, 0.3) is 0 Å². The summed E-state index contributed by atoms with van der Waals surface area (Å²) in [5.74, 6) is -0.727. The van der Waals surface area contributed by atoms with Gasteiger partial charge in [-0.25, -0.2) is 18.7 Å². The van der Waals surface area contributed by atoms with Crippen LogP contribution in [0.3, 0.4) is 0 Å². The minimum Gasteiger partial charge on any atom is -0.486 e. The number of anilines is 2. The number of benzene rings is 1. The summed E-state index contributed by atoms with van der Waals surface area (Å²) in [5, 5.41) is 9.81. The molecule has 37 heavy (non-hydrogen) atoms. The molecule has 2 aliphatic rings. The Morgan fingerprint density at radius 1 is 1.03 bits per heavy atom. The van der Waals surface area contributed by atoms with E-state index in [9.17, 15) is 9.50 Å². The minimum absolute atomic E-state index is 0.0170. The summed E-state index contributed by atoms with van der Waals surface area (Å²) in [7, 11) is 2.12. The number of likely N-dealkylation sites (N-methyl/N-ethyl adjacent to an activating group) is 1. The van der Waals surface area contributed by atoms with E-state index in [0.717, 1.165) is 43.8 Å². The van der Waals surface area contributed by atoms with Crippen molar-refractivity contribution in [3.05, 3.63) is 59.8 Å². The molecule has 0 amide bonds. The van der Waals surface area contributed by atoms with Crippen molar-refractivity contribution in [1.29, 1.82) is 0 Å². The Balaban J connectivity index is 1.40. The summed E-state index contributed by atoms with van der Waals surface area (Å²) < 4.78 is 35.5. The number of pyridine rings is 1. The average molecular weight is 511 g/mol. The Kier molecular flexibility index (Phi) is 7.48. The number of rotatable bonds is 7. The third-order valence-electron chi connectivity index (χ3n) is 7.12. The van der Waals surface area contributed by atoms with Crippen molar-refractivity contribution in [2.24, 2.45) is 0 Å². The highest BCUT2D eigenvalue weighted by atomic mass is 19.1. The molecule has 0 spiro atoms. The standard InChI is InChI=1S/C27H32F2N6O2/c1-3-20(17-36)35-10-11-37-27-22(28)12-18(13-24(27)35)26-23(29)16-31-25(32-26)14-19-4-5-21(15-30-19)34-8-6-33(2)7-9-34/h4-5,12-13,15-16,20,36H,3,6-11,14,17H2,1-2H3. The molecule has 8 nitrogen and oxygen atoms in total. The van der Waals surface area contributed by atoms with Crippen LogP contribution in [-0.2, 0) is 6.42 Å². The van der Waals surface area contributed by atoms with Crippen molar-refractivity contribution < 1.29 is 18.6 Å². The highest BCUT2D eigenvalue weighted by Crippen LogP contribution is 2.39. The van der Waals surface area contributed by atoms with Gasteiger partial charge in [-0.2, -0.15) is 0 Å². The van der Waals surface area contributed by atoms with Gasteiger partial charge in [0.15, 0.2) is 17.4 Å². The van der Waals surface area contributed by atoms with Gasteiger partial charge in [-0.1, -0.05) is 6.92 Å². The van der Waals surface area contributed by atoms with Gasteiger partial charge in [0, 0.05) is 37.4 Å². The summed E-state index contributed by atoms with van der Waals surface area (Å²) >= 11 is 0. The fourth-order valence-electron chi connectivity index (χ4n) is 4.89. The van der Waals surface area contributed by atoms with Gasteiger partial charge in [-0.05, 0) is 37.7 Å². The number of piperazine rings is 1. The molecule has 0 saturated carbocycles. The second-order valence-electron chi connectivity index (χ2n) is 9.55. The van der Waals surface area contributed by atoms with Crippen LogP contribution in [0.25, 0.3) is 11.3 Å². The number of hydrogen-bond acceptors (Lipinski definition) is 8. The lowest BCUT2D eigenvalue weighted by Gasteiger charge is -2.36. The molecule has 5 rings (SSSR count). The van der Waals surface area contributed by atoms with Crippen molar-refractivity contribution in [1.82, 2.24) is 19.9 Å². The van der Waals surface area contributed by atoms with E-state index < -0.39 is 11.6 Å². The molecule has 1 N–H and O–H groups in total. The van der Waals surface area contributed by atoms with Gasteiger partial charge in [0.2, 0.25) is 0 Å². The summed E-state index contributed by atoms with van der Waals surface area (Å²) in [6.45, 7) is 6.64. The zero-order chi connectivity index (χ0) is 25.9. The highest BCUT2D eigenvalue weighted by Gasteiger charge is 2.28. The quantitative estimate of drug-likeness (QED) is 0.520. The van der Waals surface area contributed by atoms with E-state index in [1.165, 1.54) is 6.07 Å². The van der Waals surface area contributed by atoms with E-state index in [2.05, 4.69) is 31.8 Å². The van der Waals surface area contributed by atoms with Gasteiger partial charge < -0.3 is 24.5 Å². The van der Waals surface area contributed by atoms with E-state index in [1.807, 2.05) is 30.2 Å². The molecule has 1 atom stereocenters. The van der Waals surface area contributed by atoms with Crippen molar-refractivity contribution in [2.75, 3.05) is 62.8 Å².